The molecule has 10 atom stereocenters. The summed E-state index contributed by atoms with van der Waals surface area (Å²) in [6.07, 6.45) is -11.8. The Morgan fingerprint density at radius 1 is 0.625 bits per heavy atom. The van der Waals surface area contributed by atoms with E-state index < -0.39 is 74.6 Å². The minimum atomic E-state index is -1.64. The van der Waals surface area contributed by atoms with Gasteiger partial charge < -0.3 is 70.0 Å². The smallest absolute Gasteiger partial charge is 0.229 e. The van der Waals surface area contributed by atoms with Crippen LogP contribution in [-0.4, -0.2) is 126 Å². The predicted octanol–water partition coefficient (Wildman–Crippen LogP) is -2.37. The van der Waals surface area contributed by atoms with Gasteiger partial charge in [0, 0.05) is 17.7 Å². The number of aromatic hydroxyl groups is 2. The van der Waals surface area contributed by atoms with Crippen molar-refractivity contribution < 1.29 is 70.0 Å². The molecule has 2 saturated heterocycles. The molecule has 2 aromatic rings. The van der Waals surface area contributed by atoms with E-state index in [1.54, 1.807) is 0 Å². The minimum Gasteiger partial charge on any atom is -0.508 e. The molecule has 10 unspecified atom stereocenters. The van der Waals surface area contributed by atoms with E-state index in [1.807, 2.05) is 0 Å². The number of ether oxygens (including phenoxy) is 4. The molecule has 14 nitrogen and oxygen atoms in total. The lowest BCUT2D eigenvalue weighted by Gasteiger charge is -2.39. The van der Waals surface area contributed by atoms with Crippen LogP contribution >= 0.6 is 0 Å². The summed E-state index contributed by atoms with van der Waals surface area (Å²) in [5.41, 5.74) is 0.724. The summed E-state index contributed by atoms with van der Waals surface area (Å²) in [6, 6.07) is 8.20. The fourth-order valence-electron chi connectivity index (χ4n) is 4.29. The fourth-order valence-corrected chi connectivity index (χ4v) is 4.29. The van der Waals surface area contributed by atoms with Gasteiger partial charge in [0.2, 0.25) is 12.6 Å². The zero-order valence-corrected chi connectivity index (χ0v) is 20.9. The largest absolute Gasteiger partial charge is 0.508 e. The van der Waals surface area contributed by atoms with E-state index in [4.69, 9.17) is 18.9 Å². The lowest BCUT2D eigenvalue weighted by molar-refractivity contribution is -0.277. The van der Waals surface area contributed by atoms with Crippen LogP contribution in [0.15, 0.2) is 36.4 Å². The first-order valence-electron chi connectivity index (χ1n) is 12.3. The van der Waals surface area contributed by atoms with Crippen molar-refractivity contribution in [3.63, 3.8) is 0 Å². The second kappa shape index (κ2) is 12.7. The molecule has 0 spiro atoms. The van der Waals surface area contributed by atoms with E-state index in [-0.39, 0.29) is 23.0 Å². The first-order chi connectivity index (χ1) is 19.0. The number of benzene rings is 2. The van der Waals surface area contributed by atoms with Gasteiger partial charge in [0.05, 0.1) is 13.2 Å². The number of hydrogen-bond acceptors (Lipinski definition) is 14. The molecule has 2 aromatic carbocycles. The van der Waals surface area contributed by atoms with Crippen molar-refractivity contribution in [2.24, 2.45) is 0 Å². The van der Waals surface area contributed by atoms with Gasteiger partial charge in [-0.1, -0.05) is 12.2 Å². The third kappa shape index (κ3) is 6.47. The maximum Gasteiger partial charge on any atom is 0.229 e. The summed E-state index contributed by atoms with van der Waals surface area (Å²) in [5, 5.41) is 99.2. The normalized spacial score (nSPS) is 34.6. The van der Waals surface area contributed by atoms with Crippen molar-refractivity contribution >= 4 is 12.2 Å². The highest BCUT2D eigenvalue weighted by atomic mass is 16.7. The quantitative estimate of drug-likeness (QED) is 0.150. The molecule has 0 aliphatic carbocycles. The fraction of sp³-hybridized carbons (Fsp3) is 0.462. The van der Waals surface area contributed by atoms with Crippen LogP contribution in [0.25, 0.3) is 12.2 Å². The van der Waals surface area contributed by atoms with Gasteiger partial charge in [-0.2, -0.15) is 0 Å². The van der Waals surface area contributed by atoms with Gasteiger partial charge in [-0.05, 0) is 29.8 Å². The monoisotopic (exact) mass is 568 g/mol. The van der Waals surface area contributed by atoms with Gasteiger partial charge in [-0.15, -0.1) is 0 Å². The number of aliphatic hydroxyl groups is 8. The summed E-state index contributed by atoms with van der Waals surface area (Å²) < 4.78 is 21.6. The van der Waals surface area contributed by atoms with Crippen LogP contribution in [0.1, 0.15) is 11.1 Å². The average molecular weight is 569 g/mol. The predicted molar refractivity (Wildman–Crippen MR) is 134 cm³/mol. The van der Waals surface area contributed by atoms with Crippen molar-refractivity contribution in [3.05, 3.63) is 47.5 Å². The number of aliphatic hydroxyl groups excluding tert-OH is 8. The molecule has 2 aliphatic rings. The van der Waals surface area contributed by atoms with Gasteiger partial charge >= 0.3 is 0 Å². The first kappa shape index (κ1) is 30.0. The van der Waals surface area contributed by atoms with Crippen molar-refractivity contribution in [1.29, 1.82) is 0 Å². The Balaban J connectivity index is 1.45. The summed E-state index contributed by atoms with van der Waals surface area (Å²) in [5.74, 6) is -0.353. The van der Waals surface area contributed by atoms with Crippen LogP contribution in [0, 0.1) is 0 Å². The van der Waals surface area contributed by atoms with E-state index in [2.05, 4.69) is 0 Å². The van der Waals surface area contributed by atoms with Crippen LogP contribution in [-0.2, 0) is 9.47 Å². The molecule has 2 fully saturated rings. The molecule has 2 heterocycles. The van der Waals surface area contributed by atoms with Crippen LogP contribution in [0.5, 0.6) is 23.0 Å². The molecular formula is C26H32O14. The second-order valence-electron chi connectivity index (χ2n) is 9.44. The van der Waals surface area contributed by atoms with E-state index in [0.29, 0.717) is 11.1 Å². The van der Waals surface area contributed by atoms with Crippen LogP contribution < -0.4 is 9.47 Å². The SMILES string of the molecule is OCC1OC(Oc2cc(O)cc(/C=C\c3ccc(OC4OC(CO)C(O)C(O)C4O)cc3O)c2)C(O)C(O)C1O. The molecule has 220 valence electrons. The molecule has 0 bridgehead atoms. The molecule has 4 rings (SSSR count). The van der Waals surface area contributed by atoms with Crippen molar-refractivity contribution in [2.75, 3.05) is 13.2 Å². The molecule has 0 aromatic heterocycles. The zero-order chi connectivity index (χ0) is 29.1. The molecule has 0 amide bonds. The van der Waals surface area contributed by atoms with E-state index in [0.717, 1.165) is 0 Å². The Bertz CT molecular complexity index is 1170. The maximum atomic E-state index is 10.5. The number of phenols is 2. The van der Waals surface area contributed by atoms with Gasteiger partial charge in [-0.25, -0.2) is 0 Å². The molecular weight excluding hydrogens is 536 g/mol. The molecule has 40 heavy (non-hydrogen) atoms. The highest BCUT2D eigenvalue weighted by Crippen LogP contribution is 2.31. The number of rotatable bonds is 8. The van der Waals surface area contributed by atoms with Crippen molar-refractivity contribution in [2.45, 2.75) is 61.4 Å². The van der Waals surface area contributed by atoms with E-state index in [1.165, 1.54) is 48.6 Å². The van der Waals surface area contributed by atoms with Crippen molar-refractivity contribution in [1.82, 2.24) is 0 Å². The maximum absolute atomic E-state index is 10.5. The average Bonchev–Trinajstić information content (AvgIpc) is 2.93. The van der Waals surface area contributed by atoms with Crippen LogP contribution in [0.4, 0.5) is 0 Å². The highest BCUT2D eigenvalue weighted by molar-refractivity contribution is 5.74. The Kier molecular flexibility index (Phi) is 9.48. The Hall–Kier alpha value is -3.02. The summed E-state index contributed by atoms with van der Waals surface area (Å²) >= 11 is 0. The molecule has 0 saturated carbocycles. The molecule has 14 heteroatoms. The standard InChI is InChI=1S/C26H32O14/c27-9-17-19(31)21(33)23(35)25(39-17)37-14-4-3-12(16(30)8-14)2-1-11-5-13(29)7-15(6-11)38-26-24(36)22(34)20(32)18(10-28)40-26/h1-8,17-36H,9-10H2/b2-1-. The first-order valence-corrected chi connectivity index (χ1v) is 12.3. The van der Waals surface area contributed by atoms with Gasteiger partial charge in [0.25, 0.3) is 0 Å². The Morgan fingerprint density at radius 2 is 1.18 bits per heavy atom. The molecule has 0 radical (unpaired) electrons. The Labute approximate surface area is 227 Å². The van der Waals surface area contributed by atoms with Crippen LogP contribution in [0.3, 0.4) is 0 Å². The number of hydrogen-bond donors (Lipinski definition) is 10. The summed E-state index contributed by atoms with van der Waals surface area (Å²) in [7, 11) is 0. The highest BCUT2D eigenvalue weighted by Gasteiger charge is 2.45. The second-order valence-corrected chi connectivity index (χ2v) is 9.44. The molecule has 10 N–H and O–H groups in total. The summed E-state index contributed by atoms with van der Waals surface area (Å²) in [6.45, 7) is -1.25. The zero-order valence-electron chi connectivity index (χ0n) is 20.9. The topological polar surface area (TPSA) is 239 Å². The van der Waals surface area contributed by atoms with Crippen LogP contribution in [0.2, 0.25) is 0 Å². The van der Waals surface area contributed by atoms with E-state index >= 15 is 0 Å². The number of phenolic OH excluding ortho intramolecular Hbond substituents is 2. The van der Waals surface area contributed by atoms with Gasteiger partial charge in [0.15, 0.2) is 0 Å². The van der Waals surface area contributed by atoms with Crippen molar-refractivity contribution in [3.8, 4) is 23.0 Å². The third-order valence-corrected chi connectivity index (χ3v) is 6.57. The summed E-state index contributed by atoms with van der Waals surface area (Å²) in [4.78, 5) is 0. The lowest BCUT2D eigenvalue weighted by atomic mass is 9.99. The van der Waals surface area contributed by atoms with Gasteiger partial charge in [-0.3, -0.25) is 0 Å². The Morgan fingerprint density at radius 3 is 1.70 bits per heavy atom. The van der Waals surface area contributed by atoms with E-state index in [9.17, 15) is 51.1 Å². The molecule has 2 aliphatic heterocycles. The van der Waals surface area contributed by atoms with Gasteiger partial charge in [0.1, 0.15) is 71.8 Å². The third-order valence-electron chi connectivity index (χ3n) is 6.57. The minimum absolute atomic E-state index is 0.0384. The lowest BCUT2D eigenvalue weighted by Crippen LogP contribution is -2.60.